The van der Waals surface area contributed by atoms with Crippen LogP contribution >= 0.6 is 0 Å². The maximum absolute atomic E-state index is 11.7. The average molecular weight is 374 g/mol. The standard InChI is InChI=1S/C20H31BN2O4/c1-14(23-17(24)25-18(2,3)4)22-13-15-9-11-16(12-10-15)21-26-19(5,6)20(7,8)27-21/h9-12,22H,1,13H2,2-8H3,(H,23,24). The monoisotopic (exact) mass is 374 g/mol. The third-order valence-electron chi connectivity index (χ3n) is 4.66. The van der Waals surface area contributed by atoms with Crippen LogP contribution in [-0.2, 0) is 20.6 Å². The van der Waals surface area contributed by atoms with E-state index in [0.29, 0.717) is 12.4 Å². The maximum atomic E-state index is 11.7. The van der Waals surface area contributed by atoms with Crippen molar-refractivity contribution in [3.63, 3.8) is 0 Å². The van der Waals surface area contributed by atoms with Crippen LogP contribution in [0.3, 0.4) is 0 Å². The van der Waals surface area contributed by atoms with Crippen LogP contribution in [0, 0.1) is 0 Å². The van der Waals surface area contributed by atoms with E-state index in [1.807, 2.05) is 72.7 Å². The second-order valence-corrected chi connectivity index (χ2v) is 8.79. The van der Waals surface area contributed by atoms with E-state index < -0.39 is 11.7 Å². The highest BCUT2D eigenvalue weighted by Crippen LogP contribution is 2.36. The molecule has 1 heterocycles. The van der Waals surface area contributed by atoms with E-state index in [0.717, 1.165) is 11.0 Å². The van der Waals surface area contributed by atoms with Gasteiger partial charge in [-0.1, -0.05) is 30.8 Å². The zero-order chi connectivity index (χ0) is 20.5. The number of ether oxygens (including phenoxy) is 1. The van der Waals surface area contributed by atoms with E-state index in [-0.39, 0.29) is 18.3 Å². The summed E-state index contributed by atoms with van der Waals surface area (Å²) in [6, 6.07) is 7.97. The molecule has 1 fully saturated rings. The predicted molar refractivity (Wildman–Crippen MR) is 108 cm³/mol. The van der Waals surface area contributed by atoms with Crippen molar-refractivity contribution in [2.75, 3.05) is 0 Å². The van der Waals surface area contributed by atoms with E-state index in [1.165, 1.54) is 0 Å². The van der Waals surface area contributed by atoms with Gasteiger partial charge in [-0.15, -0.1) is 0 Å². The number of carbonyl (C=O) groups excluding carboxylic acids is 1. The SMILES string of the molecule is C=C(NCc1ccc(B2OC(C)(C)C(C)(C)O2)cc1)NC(=O)OC(C)(C)C. The molecular formula is C20H31BN2O4. The first kappa shape index (κ1) is 21.3. The zero-order valence-corrected chi connectivity index (χ0v) is 17.4. The molecule has 0 aromatic heterocycles. The van der Waals surface area contributed by atoms with Crippen molar-refractivity contribution in [1.82, 2.24) is 10.6 Å². The van der Waals surface area contributed by atoms with Gasteiger partial charge < -0.3 is 19.4 Å². The molecular weight excluding hydrogens is 343 g/mol. The van der Waals surface area contributed by atoms with Crippen LogP contribution in [0.1, 0.15) is 54.0 Å². The van der Waals surface area contributed by atoms with Crippen molar-refractivity contribution < 1.29 is 18.8 Å². The molecule has 1 aliphatic rings. The first-order chi connectivity index (χ1) is 12.3. The number of hydrogen-bond acceptors (Lipinski definition) is 5. The quantitative estimate of drug-likeness (QED) is 0.776. The predicted octanol–water partition coefficient (Wildman–Crippen LogP) is 3.07. The van der Waals surface area contributed by atoms with Gasteiger partial charge in [0, 0.05) is 6.54 Å². The fraction of sp³-hybridized carbons (Fsp3) is 0.550. The topological polar surface area (TPSA) is 68.8 Å². The molecule has 2 N–H and O–H groups in total. The average Bonchev–Trinajstić information content (AvgIpc) is 2.72. The Morgan fingerprint density at radius 1 is 1.11 bits per heavy atom. The summed E-state index contributed by atoms with van der Waals surface area (Å²) in [5.74, 6) is 0.388. The smallest absolute Gasteiger partial charge is 0.444 e. The van der Waals surface area contributed by atoms with Crippen LogP contribution in [0.25, 0.3) is 0 Å². The highest BCUT2D eigenvalue weighted by molar-refractivity contribution is 6.62. The second kappa shape index (κ2) is 7.56. The molecule has 0 atom stereocenters. The molecule has 27 heavy (non-hydrogen) atoms. The Morgan fingerprint density at radius 3 is 2.11 bits per heavy atom. The summed E-state index contributed by atoms with van der Waals surface area (Å²) < 4.78 is 17.3. The van der Waals surface area contributed by atoms with Crippen LogP contribution in [0.15, 0.2) is 36.7 Å². The molecule has 1 amide bonds. The van der Waals surface area contributed by atoms with Crippen molar-refractivity contribution in [1.29, 1.82) is 0 Å². The molecule has 1 aromatic rings. The molecule has 0 radical (unpaired) electrons. The zero-order valence-electron chi connectivity index (χ0n) is 17.4. The van der Waals surface area contributed by atoms with Crippen molar-refractivity contribution >= 4 is 18.7 Å². The Morgan fingerprint density at radius 2 is 1.63 bits per heavy atom. The van der Waals surface area contributed by atoms with E-state index in [9.17, 15) is 4.79 Å². The Balaban J connectivity index is 1.86. The summed E-state index contributed by atoms with van der Waals surface area (Å²) >= 11 is 0. The van der Waals surface area contributed by atoms with Gasteiger partial charge in [-0.05, 0) is 59.5 Å². The van der Waals surface area contributed by atoms with Crippen LogP contribution in [0.2, 0.25) is 0 Å². The van der Waals surface area contributed by atoms with Gasteiger partial charge in [-0.3, -0.25) is 5.32 Å². The fourth-order valence-corrected chi connectivity index (χ4v) is 2.45. The third kappa shape index (κ3) is 5.74. The van der Waals surface area contributed by atoms with Crippen molar-refractivity contribution in [3.8, 4) is 0 Å². The molecule has 0 saturated carbocycles. The highest BCUT2D eigenvalue weighted by atomic mass is 16.7. The summed E-state index contributed by atoms with van der Waals surface area (Å²) in [5, 5.41) is 5.64. The van der Waals surface area contributed by atoms with Gasteiger partial charge in [-0.25, -0.2) is 4.79 Å². The van der Waals surface area contributed by atoms with Crippen LogP contribution < -0.4 is 16.1 Å². The lowest BCUT2D eigenvalue weighted by Crippen LogP contribution is -2.41. The lowest BCUT2D eigenvalue weighted by atomic mass is 9.79. The Bertz CT molecular complexity index is 677. The minimum atomic E-state index is -0.548. The van der Waals surface area contributed by atoms with E-state index >= 15 is 0 Å². The summed E-state index contributed by atoms with van der Waals surface area (Å²) in [4.78, 5) is 11.7. The van der Waals surface area contributed by atoms with Gasteiger partial charge in [0.15, 0.2) is 0 Å². The fourth-order valence-electron chi connectivity index (χ4n) is 2.45. The lowest BCUT2D eigenvalue weighted by molar-refractivity contribution is 0.00578. The number of rotatable bonds is 5. The van der Waals surface area contributed by atoms with Gasteiger partial charge in [0.25, 0.3) is 0 Å². The Hall–Kier alpha value is -1.99. The van der Waals surface area contributed by atoms with Gasteiger partial charge in [-0.2, -0.15) is 0 Å². The molecule has 6 nitrogen and oxygen atoms in total. The van der Waals surface area contributed by atoms with Crippen LogP contribution in [0.5, 0.6) is 0 Å². The number of benzene rings is 1. The molecule has 148 valence electrons. The number of carbonyl (C=O) groups is 1. The summed E-state index contributed by atoms with van der Waals surface area (Å²) in [7, 11) is -0.374. The van der Waals surface area contributed by atoms with Gasteiger partial charge in [0.05, 0.1) is 11.2 Å². The number of nitrogens with one attached hydrogen (secondary N) is 2. The molecule has 0 unspecified atom stereocenters. The van der Waals surface area contributed by atoms with E-state index in [4.69, 9.17) is 14.0 Å². The highest BCUT2D eigenvalue weighted by Gasteiger charge is 2.51. The summed E-state index contributed by atoms with van der Waals surface area (Å²) in [6.45, 7) is 17.9. The van der Waals surface area contributed by atoms with Crippen molar-refractivity contribution in [2.45, 2.75) is 71.8 Å². The molecule has 7 heteroatoms. The van der Waals surface area contributed by atoms with Gasteiger partial charge >= 0.3 is 13.2 Å². The second-order valence-electron chi connectivity index (χ2n) is 8.79. The molecule has 0 spiro atoms. The lowest BCUT2D eigenvalue weighted by Gasteiger charge is -2.32. The molecule has 0 bridgehead atoms. The van der Waals surface area contributed by atoms with E-state index in [1.54, 1.807) is 0 Å². The Kier molecular flexibility index (Phi) is 5.97. The summed E-state index contributed by atoms with van der Waals surface area (Å²) in [5.41, 5.74) is 0.755. The first-order valence-electron chi connectivity index (χ1n) is 9.16. The maximum Gasteiger partial charge on any atom is 0.494 e. The molecule has 0 aliphatic carbocycles. The van der Waals surface area contributed by atoms with E-state index in [2.05, 4.69) is 17.2 Å². The summed E-state index contributed by atoms with van der Waals surface area (Å²) in [6.07, 6.45) is -0.531. The molecule has 1 aliphatic heterocycles. The molecule has 1 aromatic carbocycles. The number of hydrogen-bond donors (Lipinski definition) is 2. The third-order valence-corrected chi connectivity index (χ3v) is 4.66. The van der Waals surface area contributed by atoms with Crippen LogP contribution in [0.4, 0.5) is 4.79 Å². The van der Waals surface area contributed by atoms with Crippen molar-refractivity contribution in [3.05, 3.63) is 42.2 Å². The number of alkyl carbamates (subject to hydrolysis) is 1. The normalized spacial score (nSPS) is 18.1. The largest absolute Gasteiger partial charge is 0.494 e. The van der Waals surface area contributed by atoms with Crippen molar-refractivity contribution in [2.24, 2.45) is 0 Å². The minimum absolute atomic E-state index is 0.358. The molecule has 1 saturated heterocycles. The van der Waals surface area contributed by atoms with Crippen LogP contribution in [-0.4, -0.2) is 30.0 Å². The molecule has 2 rings (SSSR count). The first-order valence-corrected chi connectivity index (χ1v) is 9.16. The number of amides is 1. The Labute approximate surface area is 162 Å². The van der Waals surface area contributed by atoms with Gasteiger partial charge in [0.1, 0.15) is 11.4 Å². The minimum Gasteiger partial charge on any atom is -0.444 e. The van der Waals surface area contributed by atoms with Gasteiger partial charge in [0.2, 0.25) is 0 Å².